The van der Waals surface area contributed by atoms with Crippen molar-refractivity contribution in [3.05, 3.63) is 9.98 Å². The molecule has 0 saturated carbocycles. The maximum absolute atomic E-state index is 11.1. The topological polar surface area (TPSA) is 45.2 Å². The average molecular weight is 250 g/mol. The van der Waals surface area contributed by atoms with Gasteiger partial charge >= 0.3 is 6.03 Å². The van der Waals surface area contributed by atoms with Crippen LogP contribution in [0.4, 0.5) is 9.93 Å². The SMILES string of the molecule is CN(C)C(=O)Nc1ncc(Br)s1. The fourth-order valence-electron chi connectivity index (χ4n) is 0.516. The van der Waals surface area contributed by atoms with Crippen LogP contribution in [-0.2, 0) is 0 Å². The number of carbonyl (C=O) groups is 1. The van der Waals surface area contributed by atoms with Crippen molar-refractivity contribution in [2.75, 3.05) is 19.4 Å². The molecule has 12 heavy (non-hydrogen) atoms. The third-order valence-electron chi connectivity index (χ3n) is 1.10. The van der Waals surface area contributed by atoms with E-state index in [1.807, 2.05) is 0 Å². The average Bonchev–Trinajstić information content (AvgIpc) is 2.35. The van der Waals surface area contributed by atoms with Gasteiger partial charge in [-0.1, -0.05) is 11.3 Å². The van der Waals surface area contributed by atoms with Crippen LogP contribution in [0.25, 0.3) is 0 Å². The third-order valence-corrected chi connectivity index (χ3v) is 2.49. The van der Waals surface area contributed by atoms with E-state index < -0.39 is 0 Å². The first-order chi connectivity index (χ1) is 5.59. The summed E-state index contributed by atoms with van der Waals surface area (Å²) in [4.78, 5) is 16.5. The molecule has 0 fully saturated rings. The Hall–Kier alpha value is -0.620. The third kappa shape index (κ3) is 2.46. The Bertz CT molecular complexity index is 286. The van der Waals surface area contributed by atoms with Gasteiger partial charge in [0.15, 0.2) is 5.13 Å². The molecule has 0 saturated heterocycles. The molecule has 1 N–H and O–H groups in total. The number of anilines is 1. The maximum Gasteiger partial charge on any atom is 0.323 e. The van der Waals surface area contributed by atoms with Crippen molar-refractivity contribution in [3.8, 4) is 0 Å². The van der Waals surface area contributed by atoms with Crippen molar-refractivity contribution in [1.82, 2.24) is 9.88 Å². The summed E-state index contributed by atoms with van der Waals surface area (Å²) in [6, 6.07) is -0.170. The second kappa shape index (κ2) is 3.86. The molecule has 0 aliphatic rings. The zero-order valence-corrected chi connectivity index (χ0v) is 9.07. The van der Waals surface area contributed by atoms with Crippen molar-refractivity contribution in [1.29, 1.82) is 0 Å². The largest absolute Gasteiger partial charge is 0.331 e. The minimum Gasteiger partial charge on any atom is -0.331 e. The lowest BCUT2D eigenvalue weighted by Gasteiger charge is -2.08. The molecule has 6 heteroatoms. The van der Waals surface area contributed by atoms with Crippen LogP contribution in [0.3, 0.4) is 0 Å². The summed E-state index contributed by atoms with van der Waals surface area (Å²) in [6.45, 7) is 0. The van der Waals surface area contributed by atoms with E-state index >= 15 is 0 Å². The molecule has 0 unspecified atom stereocenters. The Kier molecular flexibility index (Phi) is 3.05. The molecule has 2 amide bonds. The van der Waals surface area contributed by atoms with Crippen molar-refractivity contribution in [2.24, 2.45) is 0 Å². The van der Waals surface area contributed by atoms with Gasteiger partial charge in [-0.15, -0.1) is 0 Å². The monoisotopic (exact) mass is 249 g/mol. The molecule has 0 bridgehead atoms. The summed E-state index contributed by atoms with van der Waals surface area (Å²) in [6.07, 6.45) is 1.65. The fourth-order valence-corrected chi connectivity index (χ4v) is 1.61. The number of hydrogen-bond donors (Lipinski definition) is 1. The summed E-state index contributed by atoms with van der Waals surface area (Å²) < 4.78 is 0.900. The second-order valence-electron chi connectivity index (χ2n) is 2.29. The van der Waals surface area contributed by atoms with Gasteiger partial charge < -0.3 is 4.90 Å². The van der Waals surface area contributed by atoms with Crippen molar-refractivity contribution < 1.29 is 4.79 Å². The van der Waals surface area contributed by atoms with Crippen molar-refractivity contribution in [3.63, 3.8) is 0 Å². The zero-order valence-electron chi connectivity index (χ0n) is 6.67. The van der Waals surface area contributed by atoms with E-state index in [9.17, 15) is 4.79 Å². The van der Waals surface area contributed by atoms with Gasteiger partial charge in [-0.05, 0) is 15.9 Å². The van der Waals surface area contributed by atoms with E-state index in [0.717, 1.165) is 3.79 Å². The van der Waals surface area contributed by atoms with Crippen LogP contribution >= 0.6 is 27.3 Å². The molecule has 0 spiro atoms. The van der Waals surface area contributed by atoms with Crippen LogP contribution in [0.15, 0.2) is 9.98 Å². The molecule has 0 radical (unpaired) electrons. The molecule has 4 nitrogen and oxygen atoms in total. The summed E-state index contributed by atoms with van der Waals surface area (Å²) in [5, 5.41) is 3.22. The Balaban J connectivity index is 2.58. The van der Waals surface area contributed by atoms with Gasteiger partial charge in [-0.2, -0.15) is 0 Å². The summed E-state index contributed by atoms with van der Waals surface area (Å²) in [5.41, 5.74) is 0. The molecule has 1 rings (SSSR count). The number of aromatic nitrogens is 1. The quantitative estimate of drug-likeness (QED) is 0.828. The highest BCUT2D eigenvalue weighted by Crippen LogP contribution is 2.22. The number of urea groups is 1. The fraction of sp³-hybridized carbons (Fsp3) is 0.333. The normalized spacial score (nSPS) is 9.58. The first kappa shape index (κ1) is 9.47. The molecule has 1 aromatic heterocycles. The van der Waals surface area contributed by atoms with E-state index in [1.54, 1.807) is 20.3 Å². The predicted octanol–water partition coefficient (Wildman–Crippen LogP) is 2.00. The van der Waals surface area contributed by atoms with Gasteiger partial charge in [0.2, 0.25) is 0 Å². The van der Waals surface area contributed by atoms with Crippen LogP contribution in [0.1, 0.15) is 0 Å². The Morgan fingerprint density at radius 2 is 2.42 bits per heavy atom. The van der Waals surface area contributed by atoms with Gasteiger partial charge in [0, 0.05) is 14.1 Å². The van der Waals surface area contributed by atoms with Gasteiger partial charge in [0.25, 0.3) is 0 Å². The standard InChI is InChI=1S/C6H8BrN3OS/c1-10(2)6(11)9-5-8-3-4(7)12-5/h3H,1-2H3,(H,8,9,11). The van der Waals surface area contributed by atoms with E-state index in [-0.39, 0.29) is 6.03 Å². The van der Waals surface area contributed by atoms with E-state index in [1.165, 1.54) is 16.2 Å². The molecular weight excluding hydrogens is 242 g/mol. The first-order valence-electron chi connectivity index (χ1n) is 3.19. The molecule has 66 valence electrons. The van der Waals surface area contributed by atoms with Crippen LogP contribution in [0.2, 0.25) is 0 Å². The van der Waals surface area contributed by atoms with Gasteiger partial charge in [0.1, 0.15) is 0 Å². The molecule has 0 aromatic carbocycles. The number of nitrogens with one attached hydrogen (secondary N) is 1. The number of nitrogens with zero attached hydrogens (tertiary/aromatic N) is 2. The Labute approximate surface area is 82.7 Å². The minimum atomic E-state index is -0.170. The van der Waals surface area contributed by atoms with Crippen LogP contribution < -0.4 is 5.32 Å². The lowest BCUT2D eigenvalue weighted by Crippen LogP contribution is -2.27. The number of amides is 2. The van der Waals surface area contributed by atoms with Gasteiger partial charge in [-0.3, -0.25) is 5.32 Å². The molecule has 0 atom stereocenters. The van der Waals surface area contributed by atoms with Crippen molar-refractivity contribution >= 4 is 38.4 Å². The van der Waals surface area contributed by atoms with Crippen molar-refractivity contribution in [2.45, 2.75) is 0 Å². The smallest absolute Gasteiger partial charge is 0.323 e. The number of carbonyl (C=O) groups excluding carboxylic acids is 1. The molecular formula is C6H8BrN3OS. The number of rotatable bonds is 1. The number of hydrogen-bond acceptors (Lipinski definition) is 3. The lowest BCUT2D eigenvalue weighted by molar-refractivity contribution is 0.230. The summed E-state index contributed by atoms with van der Waals surface area (Å²) in [5.74, 6) is 0. The predicted molar refractivity (Wildman–Crippen MR) is 52.5 cm³/mol. The number of thiazole rings is 1. The van der Waals surface area contributed by atoms with Gasteiger partial charge in [0.05, 0.1) is 9.98 Å². The Morgan fingerprint density at radius 3 is 2.83 bits per heavy atom. The highest BCUT2D eigenvalue weighted by Gasteiger charge is 2.05. The molecule has 1 heterocycles. The highest BCUT2D eigenvalue weighted by molar-refractivity contribution is 9.11. The molecule has 1 aromatic rings. The van der Waals surface area contributed by atoms with Gasteiger partial charge in [-0.25, -0.2) is 9.78 Å². The van der Waals surface area contributed by atoms with Crippen LogP contribution in [-0.4, -0.2) is 30.0 Å². The summed E-state index contributed by atoms with van der Waals surface area (Å²) in [7, 11) is 3.36. The van der Waals surface area contributed by atoms with Crippen LogP contribution in [0.5, 0.6) is 0 Å². The lowest BCUT2D eigenvalue weighted by atomic mass is 10.8. The maximum atomic E-state index is 11.1. The van der Waals surface area contributed by atoms with Crippen LogP contribution in [0, 0.1) is 0 Å². The summed E-state index contributed by atoms with van der Waals surface area (Å²) >= 11 is 4.63. The van der Waals surface area contributed by atoms with E-state index in [0.29, 0.717) is 5.13 Å². The molecule has 0 aliphatic carbocycles. The molecule has 0 aliphatic heterocycles. The van der Waals surface area contributed by atoms with E-state index in [2.05, 4.69) is 26.2 Å². The number of halogens is 1. The minimum absolute atomic E-state index is 0.170. The Morgan fingerprint density at radius 1 is 1.75 bits per heavy atom. The zero-order chi connectivity index (χ0) is 9.14. The second-order valence-corrected chi connectivity index (χ2v) is 4.70. The first-order valence-corrected chi connectivity index (χ1v) is 4.80. The highest BCUT2D eigenvalue weighted by atomic mass is 79.9. The van der Waals surface area contributed by atoms with E-state index in [4.69, 9.17) is 0 Å².